The highest BCUT2D eigenvalue weighted by Crippen LogP contribution is 2.20. The van der Waals surface area contributed by atoms with Gasteiger partial charge in [-0.05, 0) is 44.3 Å². The van der Waals surface area contributed by atoms with Crippen molar-refractivity contribution in [1.29, 1.82) is 0 Å². The molecule has 6 heteroatoms. The molecule has 0 aromatic carbocycles. The van der Waals surface area contributed by atoms with E-state index >= 15 is 0 Å². The highest BCUT2D eigenvalue weighted by atomic mass is 32.1. The number of carboxylic acid groups (broad SMARTS) is 1. The van der Waals surface area contributed by atoms with Crippen LogP contribution in [0.4, 0.5) is 0 Å². The van der Waals surface area contributed by atoms with Crippen molar-refractivity contribution in [2.24, 2.45) is 0 Å². The van der Waals surface area contributed by atoms with Crippen molar-refractivity contribution in [3.63, 3.8) is 0 Å². The van der Waals surface area contributed by atoms with E-state index < -0.39 is 5.97 Å². The van der Waals surface area contributed by atoms with Crippen LogP contribution in [0, 0.1) is 4.77 Å². The maximum absolute atomic E-state index is 12.2. The van der Waals surface area contributed by atoms with Crippen LogP contribution in [0.1, 0.15) is 37.7 Å². The Morgan fingerprint density at radius 2 is 2.25 bits per heavy atom. The average Bonchev–Trinajstić information content (AvgIpc) is 2.43. The van der Waals surface area contributed by atoms with E-state index in [2.05, 4.69) is 11.1 Å². The van der Waals surface area contributed by atoms with Gasteiger partial charge < -0.3 is 10.1 Å². The summed E-state index contributed by atoms with van der Waals surface area (Å²) >= 11 is 5.12. The normalized spacial score (nSPS) is 14.9. The summed E-state index contributed by atoms with van der Waals surface area (Å²) in [7, 11) is 0. The molecule has 2 N–H and O–H groups in total. The third-order valence-electron chi connectivity index (χ3n) is 3.52. The molecule has 0 saturated heterocycles. The standard InChI is InChI=1S/C14H18N2O3S/c17-12(18)8-11-9-15-14(20)16(13(11)19)7-6-10-4-2-1-3-5-10/h4,9H,1-3,5-8H2,(H,15,20)(H,17,18). The Balaban J connectivity index is 2.18. The number of aliphatic carboxylic acids is 1. The maximum Gasteiger partial charge on any atom is 0.308 e. The lowest BCUT2D eigenvalue weighted by atomic mass is 9.97. The second-order valence-corrected chi connectivity index (χ2v) is 5.39. The topological polar surface area (TPSA) is 75.1 Å². The lowest BCUT2D eigenvalue weighted by molar-refractivity contribution is -0.136. The van der Waals surface area contributed by atoms with Gasteiger partial charge in [0.2, 0.25) is 0 Å². The van der Waals surface area contributed by atoms with E-state index in [-0.39, 0.29) is 17.5 Å². The summed E-state index contributed by atoms with van der Waals surface area (Å²) in [5.41, 5.74) is 1.30. The number of aromatic nitrogens is 2. The number of aromatic amines is 1. The van der Waals surface area contributed by atoms with Crippen molar-refractivity contribution in [2.75, 3.05) is 0 Å². The van der Waals surface area contributed by atoms with Crippen LogP contribution < -0.4 is 5.56 Å². The molecule has 0 radical (unpaired) electrons. The molecule has 0 aliphatic heterocycles. The Kier molecular flexibility index (Phi) is 4.89. The quantitative estimate of drug-likeness (QED) is 0.646. The molecule has 0 atom stereocenters. The first kappa shape index (κ1) is 14.7. The lowest BCUT2D eigenvalue weighted by Crippen LogP contribution is -2.27. The van der Waals surface area contributed by atoms with Crippen LogP contribution in [0.3, 0.4) is 0 Å². The summed E-state index contributed by atoms with van der Waals surface area (Å²) < 4.78 is 1.81. The van der Waals surface area contributed by atoms with Crippen LogP contribution >= 0.6 is 12.2 Å². The molecule has 1 aliphatic rings. The predicted molar refractivity (Wildman–Crippen MR) is 78.4 cm³/mol. The molecule has 108 valence electrons. The van der Waals surface area contributed by atoms with Crippen LogP contribution in [-0.4, -0.2) is 20.6 Å². The molecule has 1 aromatic heterocycles. The summed E-state index contributed by atoms with van der Waals surface area (Å²) in [5.74, 6) is -1.02. The Hall–Kier alpha value is -1.69. The van der Waals surface area contributed by atoms with Crippen LogP contribution in [-0.2, 0) is 17.8 Å². The van der Waals surface area contributed by atoms with Gasteiger partial charge in [-0.3, -0.25) is 14.2 Å². The third kappa shape index (κ3) is 3.66. The van der Waals surface area contributed by atoms with Gasteiger partial charge >= 0.3 is 5.97 Å². The number of allylic oxidation sites excluding steroid dienone is 2. The largest absolute Gasteiger partial charge is 0.481 e. The summed E-state index contributed by atoms with van der Waals surface area (Å²) in [4.78, 5) is 25.7. The number of rotatable bonds is 5. The third-order valence-corrected chi connectivity index (χ3v) is 3.86. The lowest BCUT2D eigenvalue weighted by Gasteiger charge is -2.13. The monoisotopic (exact) mass is 294 g/mol. The number of nitrogens with zero attached hydrogens (tertiary/aromatic N) is 1. The summed E-state index contributed by atoms with van der Waals surface area (Å²) in [6.45, 7) is 0.507. The van der Waals surface area contributed by atoms with Crippen molar-refractivity contribution in [3.05, 3.63) is 38.5 Å². The minimum absolute atomic E-state index is 0.240. The molecule has 1 aromatic rings. The Bertz CT molecular complexity index is 643. The molecule has 0 amide bonds. The van der Waals surface area contributed by atoms with E-state index in [1.165, 1.54) is 29.2 Å². The van der Waals surface area contributed by atoms with Gasteiger partial charge in [-0.2, -0.15) is 0 Å². The van der Waals surface area contributed by atoms with Crippen molar-refractivity contribution >= 4 is 18.2 Å². The molecule has 0 bridgehead atoms. The van der Waals surface area contributed by atoms with Crippen LogP contribution in [0.2, 0.25) is 0 Å². The SMILES string of the molecule is O=C(O)Cc1c[nH]c(=S)n(CCC2=CCCCC2)c1=O. The first-order chi connectivity index (χ1) is 9.58. The highest BCUT2D eigenvalue weighted by Gasteiger charge is 2.10. The van der Waals surface area contributed by atoms with Crippen molar-refractivity contribution < 1.29 is 9.90 Å². The smallest absolute Gasteiger partial charge is 0.308 e. The highest BCUT2D eigenvalue weighted by molar-refractivity contribution is 7.71. The van der Waals surface area contributed by atoms with E-state index in [9.17, 15) is 9.59 Å². The van der Waals surface area contributed by atoms with Gasteiger partial charge in [0.15, 0.2) is 4.77 Å². The molecule has 1 heterocycles. The Labute approximate surface area is 122 Å². The second-order valence-electron chi connectivity index (χ2n) is 5.00. The number of H-pyrrole nitrogens is 1. The number of carboxylic acids is 1. The number of carbonyl (C=O) groups is 1. The zero-order chi connectivity index (χ0) is 14.5. The van der Waals surface area contributed by atoms with Gasteiger partial charge in [-0.1, -0.05) is 11.6 Å². The van der Waals surface area contributed by atoms with Gasteiger partial charge in [-0.15, -0.1) is 0 Å². The minimum Gasteiger partial charge on any atom is -0.481 e. The molecule has 0 fully saturated rings. The van der Waals surface area contributed by atoms with E-state index in [4.69, 9.17) is 17.3 Å². The Morgan fingerprint density at radius 1 is 1.45 bits per heavy atom. The molecular weight excluding hydrogens is 276 g/mol. The molecule has 20 heavy (non-hydrogen) atoms. The molecule has 1 aliphatic carbocycles. The van der Waals surface area contributed by atoms with Crippen molar-refractivity contribution in [3.8, 4) is 0 Å². The molecular formula is C14H18N2O3S. The van der Waals surface area contributed by atoms with E-state index in [1.54, 1.807) is 0 Å². The molecule has 0 saturated carbocycles. The molecule has 5 nitrogen and oxygen atoms in total. The van der Waals surface area contributed by atoms with Gasteiger partial charge in [0.05, 0.1) is 6.42 Å². The van der Waals surface area contributed by atoms with Crippen LogP contribution in [0.15, 0.2) is 22.6 Å². The fourth-order valence-corrected chi connectivity index (χ4v) is 2.67. The van der Waals surface area contributed by atoms with Crippen LogP contribution in [0.5, 0.6) is 0 Å². The van der Waals surface area contributed by atoms with E-state index in [0.717, 1.165) is 19.3 Å². The van der Waals surface area contributed by atoms with E-state index in [0.29, 0.717) is 11.3 Å². The predicted octanol–water partition coefficient (Wildman–Crippen LogP) is 2.42. The maximum atomic E-state index is 12.2. The fourth-order valence-electron chi connectivity index (χ4n) is 2.43. The molecule has 2 rings (SSSR count). The van der Waals surface area contributed by atoms with Gasteiger partial charge in [-0.25, -0.2) is 0 Å². The molecule has 0 spiro atoms. The first-order valence-corrected chi connectivity index (χ1v) is 7.20. The number of hydrogen-bond donors (Lipinski definition) is 2. The summed E-state index contributed by atoms with van der Waals surface area (Å²) in [6, 6.07) is 0. The summed E-state index contributed by atoms with van der Waals surface area (Å²) in [5, 5.41) is 8.79. The number of hydrogen-bond acceptors (Lipinski definition) is 3. The first-order valence-electron chi connectivity index (χ1n) is 6.79. The van der Waals surface area contributed by atoms with Crippen molar-refractivity contribution in [1.82, 2.24) is 9.55 Å². The molecule has 0 unspecified atom stereocenters. The fraction of sp³-hybridized carbons (Fsp3) is 0.500. The Morgan fingerprint density at radius 3 is 2.90 bits per heavy atom. The van der Waals surface area contributed by atoms with Crippen molar-refractivity contribution in [2.45, 2.75) is 45.1 Å². The van der Waals surface area contributed by atoms with Gasteiger partial charge in [0.25, 0.3) is 5.56 Å². The minimum atomic E-state index is -1.02. The average molecular weight is 294 g/mol. The van der Waals surface area contributed by atoms with Gasteiger partial charge in [0.1, 0.15) is 0 Å². The van der Waals surface area contributed by atoms with Gasteiger partial charge in [0, 0.05) is 18.3 Å². The second kappa shape index (κ2) is 6.65. The summed E-state index contributed by atoms with van der Waals surface area (Å²) in [6.07, 6.45) is 8.78. The van der Waals surface area contributed by atoms with Crippen LogP contribution in [0.25, 0.3) is 0 Å². The zero-order valence-electron chi connectivity index (χ0n) is 11.2. The zero-order valence-corrected chi connectivity index (χ0v) is 12.0. The number of nitrogens with one attached hydrogen (secondary N) is 1. The van der Waals surface area contributed by atoms with E-state index in [1.807, 2.05) is 0 Å².